The highest BCUT2D eigenvalue weighted by Gasteiger charge is 2.46. The Morgan fingerprint density at radius 2 is 1.11 bits per heavy atom. The Bertz CT molecular complexity index is 1710. The van der Waals surface area contributed by atoms with Crippen molar-refractivity contribution in [2.24, 2.45) is 0 Å². The Labute approximate surface area is 391 Å². The van der Waals surface area contributed by atoms with Crippen LogP contribution in [0, 0.1) is 0 Å². The van der Waals surface area contributed by atoms with E-state index in [1.165, 1.54) is 18.7 Å². The molecule has 1 fully saturated rings. The molecule has 1 amide bonds. The first-order chi connectivity index (χ1) is 30.5. The summed E-state index contributed by atoms with van der Waals surface area (Å²) in [6.07, 6.45) is -0.632. The number of Topliss-reactive ketones (excluding diaryl/α,β-unsaturated/α-hetero) is 4. The third kappa shape index (κ3) is 14.5. The predicted molar refractivity (Wildman–Crippen MR) is 247 cm³/mol. The molecule has 372 valence electrons. The second-order valence-corrected chi connectivity index (χ2v) is 18.4. The zero-order chi connectivity index (χ0) is 49.4. The minimum Gasteiger partial charge on any atom is -0.470 e. The molecule has 17 nitrogen and oxygen atoms in total. The maximum absolute atomic E-state index is 14.3. The van der Waals surface area contributed by atoms with Crippen LogP contribution in [-0.4, -0.2) is 148 Å². The lowest BCUT2D eigenvalue weighted by Crippen LogP contribution is -2.55. The lowest BCUT2D eigenvalue weighted by Gasteiger charge is -2.40. The van der Waals surface area contributed by atoms with Gasteiger partial charge in [-0.1, -0.05) is 55.4 Å². The van der Waals surface area contributed by atoms with E-state index >= 15 is 0 Å². The number of ketones is 4. The van der Waals surface area contributed by atoms with Gasteiger partial charge in [0.05, 0.1) is 31.5 Å². The van der Waals surface area contributed by atoms with E-state index in [4.69, 9.17) is 33.2 Å². The molecule has 2 heterocycles. The van der Waals surface area contributed by atoms with Crippen LogP contribution in [0.3, 0.4) is 0 Å². The van der Waals surface area contributed by atoms with E-state index in [0.717, 1.165) is 11.7 Å². The molecule has 1 aliphatic heterocycles. The van der Waals surface area contributed by atoms with Crippen LogP contribution in [0.25, 0.3) is 0 Å². The first-order valence-electron chi connectivity index (χ1n) is 23.5. The summed E-state index contributed by atoms with van der Waals surface area (Å²) in [5.74, 6) is -1.67. The van der Waals surface area contributed by atoms with Crippen LogP contribution in [0.2, 0.25) is 0 Å². The van der Waals surface area contributed by atoms with E-state index in [9.17, 15) is 28.8 Å². The van der Waals surface area contributed by atoms with Gasteiger partial charge < -0.3 is 43.0 Å². The highest BCUT2D eigenvalue weighted by Crippen LogP contribution is 2.32. The van der Waals surface area contributed by atoms with Crippen molar-refractivity contribution in [2.45, 2.75) is 201 Å². The van der Waals surface area contributed by atoms with Gasteiger partial charge in [-0.25, -0.2) is 4.79 Å². The summed E-state index contributed by atoms with van der Waals surface area (Å²) in [4.78, 5) is 85.1. The van der Waals surface area contributed by atoms with Crippen LogP contribution in [0.1, 0.15) is 155 Å². The third-order valence-electron chi connectivity index (χ3n) is 13.2. The van der Waals surface area contributed by atoms with Gasteiger partial charge in [0.1, 0.15) is 54.4 Å². The largest absolute Gasteiger partial charge is 0.470 e. The standard InChI is InChI=1S/C47H80N4O13S/c1-16-44(17-2,34(11)52)63-32(9)39(56)46(20-5,21-6)60-30-37(54)51(43(13,14)15)28-36(29-59-42-41(48-65-49-42)50-24-26-58-27-25-50)62-38(55)31-61-47(22-7,23-8)40(57)33(10)64-45(18-3,19-4)35(12)53/h32-33,36H,16-31H2,1-15H3/t32?,33?,36-/m0/s1. The lowest BCUT2D eigenvalue weighted by molar-refractivity contribution is -0.181. The number of carbonyl (C=O) groups is 6. The summed E-state index contributed by atoms with van der Waals surface area (Å²) < 4.78 is 51.3. The number of anilines is 1. The molecule has 1 aromatic rings. The fraction of sp³-hybridized carbons (Fsp3) is 0.830. The molecule has 0 aromatic carbocycles. The molecule has 0 saturated carbocycles. The molecule has 1 aliphatic rings. The zero-order valence-corrected chi connectivity index (χ0v) is 42.9. The molecule has 3 atom stereocenters. The van der Waals surface area contributed by atoms with Gasteiger partial charge in [-0.05, 0) is 99.8 Å². The number of ether oxygens (including phenoxy) is 7. The number of rotatable bonds is 31. The van der Waals surface area contributed by atoms with Gasteiger partial charge >= 0.3 is 5.97 Å². The van der Waals surface area contributed by atoms with Crippen molar-refractivity contribution in [1.29, 1.82) is 0 Å². The Kier molecular flexibility index (Phi) is 22.8. The van der Waals surface area contributed by atoms with Gasteiger partial charge in [-0.2, -0.15) is 4.37 Å². The summed E-state index contributed by atoms with van der Waals surface area (Å²) >= 11 is 0.970. The summed E-state index contributed by atoms with van der Waals surface area (Å²) in [6, 6.07) is 0. The second-order valence-electron chi connectivity index (χ2n) is 17.8. The highest BCUT2D eigenvalue weighted by molar-refractivity contribution is 6.99. The number of hydrogen-bond donors (Lipinski definition) is 0. The first-order valence-corrected chi connectivity index (χ1v) is 24.3. The van der Waals surface area contributed by atoms with Crippen molar-refractivity contribution < 1.29 is 61.9 Å². The molecule has 18 heteroatoms. The summed E-state index contributed by atoms with van der Waals surface area (Å²) in [5.41, 5.74) is -5.92. The van der Waals surface area contributed by atoms with Crippen LogP contribution in [-0.2, 0) is 57.2 Å². The molecule has 0 bridgehead atoms. The van der Waals surface area contributed by atoms with E-state index < -0.39 is 77.1 Å². The van der Waals surface area contributed by atoms with Gasteiger partial charge in [-0.3, -0.25) is 24.0 Å². The zero-order valence-electron chi connectivity index (χ0n) is 42.1. The average molecular weight is 941 g/mol. The minimum absolute atomic E-state index is 0.160. The van der Waals surface area contributed by atoms with Crippen LogP contribution in [0.5, 0.6) is 5.88 Å². The quantitative estimate of drug-likeness (QED) is 0.0713. The van der Waals surface area contributed by atoms with Gasteiger partial charge in [0, 0.05) is 18.6 Å². The number of hydrogen-bond acceptors (Lipinski definition) is 17. The molecule has 0 radical (unpaired) electrons. The smallest absolute Gasteiger partial charge is 0.332 e. The van der Waals surface area contributed by atoms with E-state index in [0.29, 0.717) is 57.8 Å². The number of carbonyl (C=O) groups excluding carboxylic acids is 6. The summed E-state index contributed by atoms with van der Waals surface area (Å²) in [5, 5.41) is 0. The Morgan fingerprint density at radius 3 is 1.51 bits per heavy atom. The fourth-order valence-electron chi connectivity index (χ4n) is 8.45. The number of aromatic nitrogens is 2. The maximum Gasteiger partial charge on any atom is 0.332 e. The monoisotopic (exact) mass is 941 g/mol. The van der Waals surface area contributed by atoms with Crippen LogP contribution < -0.4 is 9.64 Å². The highest BCUT2D eigenvalue weighted by atomic mass is 32.1. The molecule has 2 unspecified atom stereocenters. The maximum atomic E-state index is 14.3. The molecule has 1 saturated heterocycles. The van der Waals surface area contributed by atoms with Crippen molar-refractivity contribution in [2.75, 3.05) is 57.6 Å². The Morgan fingerprint density at radius 1 is 0.677 bits per heavy atom. The molecule has 0 aliphatic carbocycles. The summed E-state index contributed by atoms with van der Waals surface area (Å²) in [6.45, 7) is 26.7. The van der Waals surface area contributed by atoms with Gasteiger partial charge in [0.15, 0.2) is 29.2 Å². The van der Waals surface area contributed by atoms with Crippen LogP contribution in [0.4, 0.5) is 5.82 Å². The topological polar surface area (TPSA) is 199 Å². The Balaban J connectivity index is 2.44. The van der Waals surface area contributed by atoms with E-state index in [1.54, 1.807) is 41.5 Å². The lowest BCUT2D eigenvalue weighted by atomic mass is 9.87. The van der Waals surface area contributed by atoms with E-state index in [1.807, 2.05) is 53.4 Å². The molecule has 0 N–H and O–H groups in total. The predicted octanol–water partition coefficient (Wildman–Crippen LogP) is 6.69. The fourth-order valence-corrected chi connectivity index (χ4v) is 8.97. The summed E-state index contributed by atoms with van der Waals surface area (Å²) in [7, 11) is 0. The normalized spacial score (nSPS) is 15.5. The number of morpholine rings is 1. The number of esters is 1. The van der Waals surface area contributed by atoms with Crippen LogP contribution in [0.15, 0.2) is 0 Å². The molecule has 0 spiro atoms. The molecule has 65 heavy (non-hydrogen) atoms. The van der Waals surface area contributed by atoms with Crippen molar-refractivity contribution >= 4 is 52.6 Å². The third-order valence-corrected chi connectivity index (χ3v) is 13.7. The van der Waals surface area contributed by atoms with Crippen molar-refractivity contribution in [1.82, 2.24) is 13.6 Å². The molecular formula is C47H80N4O13S. The first kappa shape index (κ1) is 57.7. The van der Waals surface area contributed by atoms with E-state index in [2.05, 4.69) is 8.75 Å². The molecule has 1 aromatic heterocycles. The molecule has 2 rings (SSSR count). The van der Waals surface area contributed by atoms with E-state index in [-0.39, 0.29) is 62.1 Å². The van der Waals surface area contributed by atoms with Crippen LogP contribution >= 0.6 is 11.7 Å². The number of amides is 1. The second kappa shape index (κ2) is 25.6. The minimum atomic E-state index is -1.43. The average Bonchev–Trinajstić information content (AvgIpc) is 3.77. The number of nitrogens with zero attached hydrogens (tertiary/aromatic N) is 4. The van der Waals surface area contributed by atoms with Crippen molar-refractivity contribution in [3.05, 3.63) is 0 Å². The van der Waals surface area contributed by atoms with Crippen molar-refractivity contribution in [3.63, 3.8) is 0 Å². The Hall–Kier alpha value is -3.42. The van der Waals surface area contributed by atoms with Gasteiger partial charge in [-0.15, -0.1) is 4.37 Å². The molecular weight excluding hydrogens is 861 g/mol. The van der Waals surface area contributed by atoms with Gasteiger partial charge in [0.2, 0.25) is 11.7 Å². The van der Waals surface area contributed by atoms with Crippen molar-refractivity contribution in [3.8, 4) is 5.88 Å². The van der Waals surface area contributed by atoms with Gasteiger partial charge in [0.25, 0.3) is 5.88 Å². The SMILES string of the molecule is CCC(CC)(OC(C)C(=O)C(CC)(CC)OCC(=O)O[C@H](COc1nsnc1N1CCOCC1)CN(C(=O)COC(CC)(CC)C(=O)C(C)OC(CC)(CC)C(C)=O)C(C)(C)C)C(C)=O.